The van der Waals surface area contributed by atoms with Crippen molar-refractivity contribution in [2.45, 2.75) is 19.9 Å². The molecule has 16 heavy (non-hydrogen) atoms. The molecule has 2 N–H and O–H groups in total. The molecule has 0 saturated carbocycles. The van der Waals surface area contributed by atoms with Crippen LogP contribution in [0.1, 0.15) is 24.1 Å². The monoisotopic (exact) mass is 222 g/mol. The van der Waals surface area contributed by atoms with Gasteiger partial charge in [-0.15, -0.1) is 0 Å². The van der Waals surface area contributed by atoms with E-state index in [0.717, 1.165) is 11.1 Å². The molecule has 0 aliphatic heterocycles. The van der Waals surface area contributed by atoms with Gasteiger partial charge in [0.2, 0.25) is 0 Å². The number of ether oxygens (including phenoxy) is 1. The predicted molar refractivity (Wildman–Crippen MR) is 63.5 cm³/mol. The number of hydrogen-bond donors (Lipinski definition) is 1. The molecule has 1 aromatic carbocycles. The summed E-state index contributed by atoms with van der Waals surface area (Å²) in [5.74, 6) is 0.527. The van der Waals surface area contributed by atoms with Crippen LogP contribution in [0.2, 0.25) is 0 Å². The zero-order chi connectivity index (χ0) is 12.3. The second-order valence-electron chi connectivity index (χ2n) is 4.03. The van der Waals surface area contributed by atoms with Crippen molar-refractivity contribution in [1.29, 1.82) is 0 Å². The Labute approximate surface area is 96.0 Å². The predicted octanol–water partition coefficient (Wildman–Crippen LogP) is 2.08. The molecule has 0 radical (unpaired) electrons. The van der Waals surface area contributed by atoms with Crippen LogP contribution in [0.5, 0.6) is 5.75 Å². The highest BCUT2D eigenvalue weighted by Crippen LogP contribution is 2.28. The van der Waals surface area contributed by atoms with Gasteiger partial charge in [-0.1, -0.05) is 12.1 Å². The first-order chi connectivity index (χ1) is 7.43. The van der Waals surface area contributed by atoms with E-state index in [0.29, 0.717) is 5.75 Å². The zero-order valence-corrected chi connectivity index (χ0v) is 10.2. The van der Waals surface area contributed by atoms with Crippen molar-refractivity contribution in [3.05, 3.63) is 29.3 Å². The van der Waals surface area contributed by atoms with Gasteiger partial charge in [-0.25, -0.2) is 4.79 Å². The van der Waals surface area contributed by atoms with Gasteiger partial charge in [0.25, 0.3) is 0 Å². The van der Waals surface area contributed by atoms with Gasteiger partial charge in [-0.05, 0) is 45.1 Å². The fourth-order valence-corrected chi connectivity index (χ4v) is 1.58. The minimum absolute atomic E-state index is 0.261. The van der Waals surface area contributed by atoms with Gasteiger partial charge in [0.1, 0.15) is 5.75 Å². The first-order valence-corrected chi connectivity index (χ1v) is 5.16. The summed E-state index contributed by atoms with van der Waals surface area (Å²) in [4.78, 5) is 12.8. The third-order valence-electron chi connectivity index (χ3n) is 2.76. The fraction of sp³-hybridized carbons (Fsp3) is 0.417. The summed E-state index contributed by atoms with van der Waals surface area (Å²) in [5, 5.41) is 0. The summed E-state index contributed by atoms with van der Waals surface area (Å²) in [6, 6.07) is 5.89. The topological polar surface area (TPSA) is 55.6 Å². The van der Waals surface area contributed by atoms with E-state index in [4.69, 9.17) is 10.5 Å². The van der Waals surface area contributed by atoms with Crippen molar-refractivity contribution in [2.24, 2.45) is 5.73 Å². The first-order valence-electron chi connectivity index (χ1n) is 5.16. The van der Waals surface area contributed by atoms with E-state index in [-0.39, 0.29) is 6.04 Å². The number of carbonyl (C=O) groups is 1. The molecule has 0 aromatic heterocycles. The van der Waals surface area contributed by atoms with Crippen molar-refractivity contribution in [3.63, 3.8) is 0 Å². The average Bonchev–Trinajstić information content (AvgIpc) is 2.19. The summed E-state index contributed by atoms with van der Waals surface area (Å²) in [6.07, 6.45) is -0.780. The average molecular weight is 222 g/mol. The SMILES string of the molecule is Cc1c(OC(N)=O)cccc1C(C)N(C)C. The first kappa shape index (κ1) is 12.5. The molecule has 0 aliphatic carbocycles. The highest BCUT2D eigenvalue weighted by Gasteiger charge is 2.14. The van der Waals surface area contributed by atoms with E-state index < -0.39 is 6.09 Å². The molecule has 0 heterocycles. The largest absolute Gasteiger partial charge is 0.410 e. The molecule has 1 atom stereocenters. The van der Waals surface area contributed by atoms with Gasteiger partial charge in [0.15, 0.2) is 0 Å². The fourth-order valence-electron chi connectivity index (χ4n) is 1.58. The summed E-state index contributed by atoms with van der Waals surface area (Å²) in [6.45, 7) is 4.02. The second kappa shape index (κ2) is 4.99. The number of carbonyl (C=O) groups excluding carboxylic acids is 1. The van der Waals surface area contributed by atoms with Crippen LogP contribution >= 0.6 is 0 Å². The molecule has 0 aliphatic rings. The van der Waals surface area contributed by atoms with Crippen LogP contribution in [-0.4, -0.2) is 25.1 Å². The normalized spacial score (nSPS) is 12.6. The summed E-state index contributed by atoms with van der Waals surface area (Å²) in [5.41, 5.74) is 7.08. The maximum atomic E-state index is 10.7. The van der Waals surface area contributed by atoms with Crippen molar-refractivity contribution in [1.82, 2.24) is 4.90 Å². The van der Waals surface area contributed by atoms with E-state index >= 15 is 0 Å². The Morgan fingerprint density at radius 1 is 1.44 bits per heavy atom. The molecule has 88 valence electrons. The van der Waals surface area contributed by atoms with Crippen LogP contribution in [0.15, 0.2) is 18.2 Å². The van der Waals surface area contributed by atoms with Crippen LogP contribution in [-0.2, 0) is 0 Å². The second-order valence-corrected chi connectivity index (χ2v) is 4.03. The van der Waals surface area contributed by atoms with Gasteiger partial charge in [0, 0.05) is 6.04 Å². The van der Waals surface area contributed by atoms with Gasteiger partial charge in [-0.2, -0.15) is 0 Å². The van der Waals surface area contributed by atoms with Crippen molar-refractivity contribution >= 4 is 6.09 Å². The van der Waals surface area contributed by atoms with Crippen molar-refractivity contribution in [2.75, 3.05) is 14.1 Å². The minimum atomic E-state index is -0.780. The number of rotatable bonds is 3. The molecule has 1 aromatic rings. The number of primary amides is 1. The zero-order valence-electron chi connectivity index (χ0n) is 10.2. The molecular formula is C12H18N2O2. The summed E-state index contributed by atoms with van der Waals surface area (Å²) >= 11 is 0. The molecule has 4 nitrogen and oxygen atoms in total. The third-order valence-corrected chi connectivity index (χ3v) is 2.76. The quantitative estimate of drug-likeness (QED) is 0.851. The van der Waals surface area contributed by atoms with E-state index in [1.807, 2.05) is 33.2 Å². The summed E-state index contributed by atoms with van der Waals surface area (Å²) < 4.78 is 4.94. The van der Waals surface area contributed by atoms with E-state index in [2.05, 4.69) is 11.8 Å². The lowest BCUT2D eigenvalue weighted by Crippen LogP contribution is -2.20. The van der Waals surface area contributed by atoms with E-state index in [1.54, 1.807) is 6.07 Å². The van der Waals surface area contributed by atoms with Gasteiger partial charge in [0.05, 0.1) is 0 Å². The Morgan fingerprint density at radius 2 is 2.06 bits per heavy atom. The Bertz CT molecular complexity index is 389. The Kier molecular flexibility index (Phi) is 3.90. The van der Waals surface area contributed by atoms with Crippen LogP contribution in [0.3, 0.4) is 0 Å². The summed E-state index contributed by atoms with van der Waals surface area (Å²) in [7, 11) is 4.01. The molecule has 1 amide bonds. The van der Waals surface area contributed by atoms with Crippen molar-refractivity contribution < 1.29 is 9.53 Å². The molecular weight excluding hydrogens is 204 g/mol. The molecule has 0 fully saturated rings. The van der Waals surface area contributed by atoms with Crippen LogP contribution < -0.4 is 10.5 Å². The van der Waals surface area contributed by atoms with Crippen LogP contribution in [0, 0.1) is 6.92 Å². The lowest BCUT2D eigenvalue weighted by Gasteiger charge is -2.22. The minimum Gasteiger partial charge on any atom is -0.410 e. The number of nitrogens with two attached hydrogens (primary N) is 1. The molecule has 1 rings (SSSR count). The van der Waals surface area contributed by atoms with E-state index in [9.17, 15) is 4.79 Å². The molecule has 0 spiro atoms. The van der Waals surface area contributed by atoms with Gasteiger partial charge >= 0.3 is 6.09 Å². The maximum absolute atomic E-state index is 10.7. The number of amides is 1. The highest BCUT2D eigenvalue weighted by atomic mass is 16.5. The Hall–Kier alpha value is -1.55. The van der Waals surface area contributed by atoms with Gasteiger partial charge in [-0.3, -0.25) is 0 Å². The Balaban J connectivity index is 3.08. The molecule has 4 heteroatoms. The van der Waals surface area contributed by atoms with Gasteiger partial charge < -0.3 is 15.4 Å². The van der Waals surface area contributed by atoms with Crippen LogP contribution in [0.4, 0.5) is 4.79 Å². The standard InChI is InChI=1S/C12H18N2O2/c1-8-10(9(2)14(3)4)6-5-7-11(8)16-12(13)15/h5-7,9H,1-4H3,(H2,13,15). The maximum Gasteiger partial charge on any atom is 0.409 e. The smallest absolute Gasteiger partial charge is 0.409 e. The van der Waals surface area contributed by atoms with E-state index in [1.165, 1.54) is 0 Å². The number of hydrogen-bond acceptors (Lipinski definition) is 3. The lowest BCUT2D eigenvalue weighted by atomic mass is 10.0. The number of benzene rings is 1. The molecule has 1 unspecified atom stereocenters. The van der Waals surface area contributed by atoms with Crippen LogP contribution in [0.25, 0.3) is 0 Å². The number of nitrogens with zero attached hydrogens (tertiary/aromatic N) is 1. The molecule has 0 saturated heterocycles. The third kappa shape index (κ3) is 2.73. The lowest BCUT2D eigenvalue weighted by molar-refractivity contribution is 0.210. The highest BCUT2D eigenvalue weighted by molar-refractivity contribution is 5.68. The Morgan fingerprint density at radius 3 is 2.56 bits per heavy atom. The molecule has 0 bridgehead atoms. The van der Waals surface area contributed by atoms with Crippen molar-refractivity contribution in [3.8, 4) is 5.75 Å².